The third-order valence-electron chi connectivity index (χ3n) is 3.08. The molecule has 0 atom stereocenters. The number of nitrogens with two attached hydrogens (primary N) is 1. The minimum absolute atomic E-state index is 0.108. The number of nitrogen functional groups attached to an aromatic ring is 1. The first kappa shape index (κ1) is 15.7. The number of ketones is 1. The zero-order valence-electron chi connectivity index (χ0n) is 11.5. The summed E-state index contributed by atoms with van der Waals surface area (Å²) in [6.45, 7) is 2.99. The SMILES string of the molecule is CC(=O)c1sc(N2CCCSCC2)c(S(C)(=O)=O)c1N. The van der Waals surface area contributed by atoms with E-state index in [1.807, 2.05) is 16.7 Å². The van der Waals surface area contributed by atoms with E-state index in [1.54, 1.807) is 0 Å². The fourth-order valence-corrected chi connectivity index (χ4v) is 5.74. The van der Waals surface area contributed by atoms with Crippen LogP contribution in [0.25, 0.3) is 0 Å². The van der Waals surface area contributed by atoms with Gasteiger partial charge in [-0.1, -0.05) is 0 Å². The molecule has 1 fully saturated rings. The maximum Gasteiger partial charge on any atom is 0.180 e. The van der Waals surface area contributed by atoms with E-state index in [1.165, 1.54) is 18.3 Å². The predicted molar refractivity (Wildman–Crippen MR) is 86.0 cm³/mol. The van der Waals surface area contributed by atoms with Crippen LogP contribution < -0.4 is 10.6 Å². The molecule has 2 rings (SSSR count). The van der Waals surface area contributed by atoms with E-state index in [0.717, 1.165) is 37.3 Å². The van der Waals surface area contributed by atoms with E-state index in [0.29, 0.717) is 9.88 Å². The standard InChI is InChI=1S/C12H18N2O3S3/c1-8(15)10-9(13)11(20(2,16)17)12(19-10)14-4-3-6-18-7-5-14/h3-7,13H2,1-2H3. The topological polar surface area (TPSA) is 80.5 Å². The number of rotatable bonds is 3. The first-order chi connectivity index (χ1) is 9.32. The molecule has 0 amide bonds. The zero-order valence-corrected chi connectivity index (χ0v) is 14.0. The van der Waals surface area contributed by atoms with E-state index in [9.17, 15) is 13.2 Å². The maximum absolute atomic E-state index is 12.0. The van der Waals surface area contributed by atoms with E-state index < -0.39 is 9.84 Å². The van der Waals surface area contributed by atoms with Gasteiger partial charge in [0.15, 0.2) is 15.6 Å². The van der Waals surface area contributed by atoms with E-state index in [-0.39, 0.29) is 16.4 Å². The minimum atomic E-state index is -3.45. The number of anilines is 2. The number of carbonyl (C=O) groups is 1. The Labute approximate surface area is 127 Å². The lowest BCUT2D eigenvalue weighted by atomic mass is 10.3. The molecule has 1 aliphatic heterocycles. The van der Waals surface area contributed by atoms with Crippen LogP contribution in [-0.2, 0) is 9.84 Å². The molecular formula is C12H18N2O3S3. The molecule has 112 valence electrons. The van der Waals surface area contributed by atoms with Crippen LogP contribution in [0, 0.1) is 0 Å². The van der Waals surface area contributed by atoms with Gasteiger partial charge in [-0.15, -0.1) is 11.3 Å². The maximum atomic E-state index is 12.0. The molecule has 1 aromatic rings. The van der Waals surface area contributed by atoms with Crippen LogP contribution in [0.4, 0.5) is 10.7 Å². The summed E-state index contributed by atoms with van der Waals surface area (Å²) in [6, 6.07) is 0. The largest absolute Gasteiger partial charge is 0.396 e. The van der Waals surface area contributed by atoms with Crippen molar-refractivity contribution in [1.29, 1.82) is 0 Å². The summed E-state index contributed by atoms with van der Waals surface area (Å²) >= 11 is 3.06. The van der Waals surface area contributed by atoms with Gasteiger partial charge < -0.3 is 10.6 Å². The summed E-state index contributed by atoms with van der Waals surface area (Å²) < 4.78 is 24.0. The van der Waals surface area contributed by atoms with Crippen LogP contribution in [-0.4, -0.2) is 45.1 Å². The average molecular weight is 334 g/mol. The number of Topliss-reactive ketones (excluding diaryl/α,β-unsaturated/α-hetero) is 1. The number of sulfone groups is 1. The second-order valence-corrected chi connectivity index (χ2v) is 8.94. The van der Waals surface area contributed by atoms with Crippen LogP contribution in [0.1, 0.15) is 23.0 Å². The molecule has 1 saturated heterocycles. The lowest BCUT2D eigenvalue weighted by Gasteiger charge is -2.21. The molecule has 2 heterocycles. The summed E-state index contributed by atoms with van der Waals surface area (Å²) in [5.41, 5.74) is 6.02. The number of hydrogen-bond donors (Lipinski definition) is 1. The zero-order chi connectivity index (χ0) is 14.9. The van der Waals surface area contributed by atoms with Crippen molar-refractivity contribution in [2.24, 2.45) is 0 Å². The quantitative estimate of drug-likeness (QED) is 0.850. The Morgan fingerprint density at radius 2 is 2.00 bits per heavy atom. The molecule has 0 radical (unpaired) electrons. The van der Waals surface area contributed by atoms with E-state index >= 15 is 0 Å². The molecule has 0 saturated carbocycles. The fourth-order valence-electron chi connectivity index (χ4n) is 2.19. The van der Waals surface area contributed by atoms with Gasteiger partial charge in [-0.25, -0.2) is 8.42 Å². The molecule has 1 aromatic heterocycles. The van der Waals surface area contributed by atoms with Gasteiger partial charge in [0.05, 0.1) is 10.6 Å². The van der Waals surface area contributed by atoms with Crippen molar-refractivity contribution in [2.75, 3.05) is 41.5 Å². The van der Waals surface area contributed by atoms with Gasteiger partial charge in [0.2, 0.25) is 0 Å². The molecule has 1 aliphatic rings. The molecule has 0 spiro atoms. The summed E-state index contributed by atoms with van der Waals surface area (Å²) in [5.74, 6) is 1.84. The first-order valence-electron chi connectivity index (χ1n) is 6.28. The van der Waals surface area contributed by atoms with Gasteiger partial charge in [-0.3, -0.25) is 4.79 Å². The molecule has 0 aromatic carbocycles. The van der Waals surface area contributed by atoms with Gasteiger partial charge in [-0.05, 0) is 12.2 Å². The Hall–Kier alpha value is -0.730. The molecule has 2 N–H and O–H groups in total. The highest BCUT2D eigenvalue weighted by Crippen LogP contribution is 2.42. The number of thiophene rings is 1. The van der Waals surface area contributed by atoms with Crippen molar-refractivity contribution < 1.29 is 13.2 Å². The van der Waals surface area contributed by atoms with Crippen molar-refractivity contribution in [1.82, 2.24) is 0 Å². The normalized spacial score (nSPS) is 17.0. The summed E-state index contributed by atoms with van der Waals surface area (Å²) in [4.78, 5) is 14.1. The van der Waals surface area contributed by atoms with Crippen molar-refractivity contribution in [3.05, 3.63) is 4.88 Å². The second-order valence-electron chi connectivity index (χ2n) is 4.76. The summed E-state index contributed by atoms with van der Waals surface area (Å²) in [5, 5.41) is 0.623. The molecule has 5 nitrogen and oxygen atoms in total. The third kappa shape index (κ3) is 3.12. The smallest absolute Gasteiger partial charge is 0.180 e. The van der Waals surface area contributed by atoms with Crippen molar-refractivity contribution in [3.8, 4) is 0 Å². The number of nitrogens with zero attached hydrogens (tertiary/aromatic N) is 1. The highest BCUT2D eigenvalue weighted by Gasteiger charge is 2.28. The monoisotopic (exact) mass is 334 g/mol. The third-order valence-corrected chi connectivity index (χ3v) is 6.78. The second kappa shape index (κ2) is 5.95. The van der Waals surface area contributed by atoms with E-state index in [4.69, 9.17) is 5.73 Å². The minimum Gasteiger partial charge on any atom is -0.396 e. The Bertz CT molecular complexity index is 614. The van der Waals surface area contributed by atoms with E-state index in [2.05, 4.69) is 0 Å². The number of carbonyl (C=O) groups excluding carboxylic acids is 1. The van der Waals surface area contributed by atoms with Crippen molar-refractivity contribution >= 4 is 49.4 Å². The average Bonchev–Trinajstić information content (AvgIpc) is 2.53. The van der Waals surface area contributed by atoms with Gasteiger partial charge in [0.25, 0.3) is 0 Å². The first-order valence-corrected chi connectivity index (χ1v) is 10.1. The molecule has 0 unspecified atom stereocenters. The molecule has 20 heavy (non-hydrogen) atoms. The number of hydrogen-bond acceptors (Lipinski definition) is 7. The lowest BCUT2D eigenvalue weighted by molar-refractivity contribution is 0.102. The van der Waals surface area contributed by atoms with Crippen LogP contribution in [0.15, 0.2) is 4.90 Å². The summed E-state index contributed by atoms with van der Waals surface area (Å²) in [7, 11) is -3.45. The van der Waals surface area contributed by atoms with Crippen molar-refractivity contribution in [2.45, 2.75) is 18.2 Å². The van der Waals surface area contributed by atoms with Crippen molar-refractivity contribution in [3.63, 3.8) is 0 Å². The fraction of sp³-hybridized carbons (Fsp3) is 0.583. The van der Waals surface area contributed by atoms with Gasteiger partial charge >= 0.3 is 0 Å². The molecule has 0 aliphatic carbocycles. The molecule has 8 heteroatoms. The highest BCUT2D eigenvalue weighted by atomic mass is 32.2. The summed E-state index contributed by atoms with van der Waals surface area (Å²) in [6.07, 6.45) is 2.15. The Morgan fingerprint density at radius 1 is 1.30 bits per heavy atom. The Morgan fingerprint density at radius 3 is 2.60 bits per heavy atom. The van der Waals surface area contributed by atoms with Crippen LogP contribution in [0.5, 0.6) is 0 Å². The lowest BCUT2D eigenvalue weighted by Crippen LogP contribution is -2.26. The highest BCUT2D eigenvalue weighted by molar-refractivity contribution is 7.99. The molecule has 0 bridgehead atoms. The van der Waals surface area contributed by atoms with Crippen LogP contribution in [0.3, 0.4) is 0 Å². The van der Waals surface area contributed by atoms with Gasteiger partial charge in [0.1, 0.15) is 9.90 Å². The predicted octanol–water partition coefficient (Wildman–Crippen LogP) is 1.88. The number of thioether (sulfide) groups is 1. The van der Waals surface area contributed by atoms with Gasteiger partial charge in [-0.2, -0.15) is 11.8 Å². The van der Waals surface area contributed by atoms with Gasteiger partial charge in [0, 0.05) is 32.0 Å². The van der Waals surface area contributed by atoms with Crippen LogP contribution in [0.2, 0.25) is 0 Å². The molecular weight excluding hydrogens is 316 g/mol. The van der Waals surface area contributed by atoms with Crippen LogP contribution >= 0.6 is 23.1 Å². The Kier molecular flexibility index (Phi) is 4.66. The Balaban J connectivity index is 2.56.